The average Bonchev–Trinajstić information content (AvgIpc) is 3.34. The first-order valence-electron chi connectivity index (χ1n) is 13.5. The monoisotopic (exact) mass is 524 g/mol. The van der Waals surface area contributed by atoms with Crippen LogP contribution in [-0.2, 0) is 35.6 Å². The van der Waals surface area contributed by atoms with Crippen LogP contribution in [0.15, 0.2) is 48.5 Å². The van der Waals surface area contributed by atoms with Gasteiger partial charge in [-0.15, -0.1) is 5.10 Å². The van der Waals surface area contributed by atoms with Crippen LogP contribution in [0.25, 0.3) is 11.0 Å². The Balaban J connectivity index is 1.45. The maximum absolute atomic E-state index is 13.5. The highest BCUT2D eigenvalue weighted by Crippen LogP contribution is 2.35. The van der Waals surface area contributed by atoms with Crippen LogP contribution in [0, 0.1) is 13.8 Å². The number of aliphatic carboxylic acids is 1. The number of carboxylic acids is 1. The molecular weight excluding hydrogens is 492 g/mol. The van der Waals surface area contributed by atoms with E-state index in [0.717, 1.165) is 57.3 Å². The highest BCUT2D eigenvalue weighted by molar-refractivity contribution is 5.95. The number of nitrogens with zero attached hydrogens (tertiary/aromatic N) is 4. The Morgan fingerprint density at radius 2 is 1.95 bits per heavy atom. The summed E-state index contributed by atoms with van der Waals surface area (Å²) in [6.07, 6.45) is 1.51. The molecule has 0 radical (unpaired) electrons. The SMILES string of the molecule is Cc1cc2ccc1C(=O)N1CCc3ccc(cc3C1)C(CC(=O)O)c1ccc3c(nnn3CCCOC2)c1C. The summed E-state index contributed by atoms with van der Waals surface area (Å²) < 4.78 is 7.82. The summed E-state index contributed by atoms with van der Waals surface area (Å²) in [6.45, 7) is 6.85. The zero-order valence-electron chi connectivity index (χ0n) is 22.3. The molecule has 3 aromatic carbocycles. The number of rotatable bonds is 2. The van der Waals surface area contributed by atoms with E-state index in [9.17, 15) is 14.7 Å². The minimum Gasteiger partial charge on any atom is -0.481 e. The van der Waals surface area contributed by atoms with Crippen molar-refractivity contribution in [3.8, 4) is 0 Å². The third-order valence-corrected chi connectivity index (χ3v) is 8.12. The molecule has 0 saturated carbocycles. The number of ether oxygens (including phenoxy) is 1. The van der Waals surface area contributed by atoms with Gasteiger partial charge in [-0.3, -0.25) is 9.59 Å². The summed E-state index contributed by atoms with van der Waals surface area (Å²) in [6, 6.07) is 16.2. The number of hydrogen-bond donors (Lipinski definition) is 1. The molecule has 200 valence electrons. The van der Waals surface area contributed by atoms with Crippen LogP contribution in [0.3, 0.4) is 0 Å². The Bertz CT molecular complexity index is 1590. The molecule has 8 heteroatoms. The molecule has 0 spiro atoms. The highest BCUT2D eigenvalue weighted by Gasteiger charge is 2.27. The maximum atomic E-state index is 13.5. The molecule has 0 saturated heterocycles. The molecule has 9 rings (SSSR count). The Morgan fingerprint density at radius 3 is 2.77 bits per heavy atom. The summed E-state index contributed by atoms with van der Waals surface area (Å²) >= 11 is 0. The third-order valence-electron chi connectivity index (χ3n) is 8.12. The van der Waals surface area contributed by atoms with Gasteiger partial charge in [-0.05, 0) is 77.8 Å². The first kappa shape index (κ1) is 25.2. The lowest BCUT2D eigenvalue weighted by Crippen LogP contribution is -2.36. The van der Waals surface area contributed by atoms with Gasteiger partial charge in [0.1, 0.15) is 5.52 Å². The van der Waals surface area contributed by atoms with Crippen molar-refractivity contribution in [1.82, 2.24) is 19.9 Å². The van der Waals surface area contributed by atoms with Gasteiger partial charge in [0.15, 0.2) is 0 Å². The molecule has 1 N–H and O–H groups in total. The van der Waals surface area contributed by atoms with E-state index in [4.69, 9.17) is 4.74 Å². The van der Waals surface area contributed by atoms with Gasteiger partial charge < -0.3 is 14.7 Å². The van der Waals surface area contributed by atoms with Gasteiger partial charge in [-0.2, -0.15) is 0 Å². The Hall–Kier alpha value is -4.04. The van der Waals surface area contributed by atoms with Crippen LogP contribution in [0.4, 0.5) is 0 Å². The van der Waals surface area contributed by atoms with Crippen molar-refractivity contribution in [2.45, 2.75) is 58.7 Å². The minimum absolute atomic E-state index is 0.0210. The molecule has 0 aliphatic carbocycles. The van der Waals surface area contributed by atoms with E-state index in [-0.39, 0.29) is 18.2 Å². The number of aryl methyl sites for hydroxylation is 3. The van der Waals surface area contributed by atoms with Crippen LogP contribution >= 0.6 is 0 Å². The normalized spacial score (nSPS) is 17.7. The zero-order chi connectivity index (χ0) is 27.1. The summed E-state index contributed by atoms with van der Waals surface area (Å²) in [5.41, 5.74) is 9.50. The van der Waals surface area contributed by atoms with Crippen LogP contribution in [0.5, 0.6) is 0 Å². The quantitative estimate of drug-likeness (QED) is 0.406. The number of carboxylic acid groups (broad SMARTS) is 1. The van der Waals surface area contributed by atoms with E-state index in [0.29, 0.717) is 38.4 Å². The van der Waals surface area contributed by atoms with E-state index in [1.165, 1.54) is 5.56 Å². The van der Waals surface area contributed by atoms with Gasteiger partial charge in [0, 0.05) is 37.7 Å². The van der Waals surface area contributed by atoms with Gasteiger partial charge in [0.2, 0.25) is 0 Å². The molecule has 39 heavy (non-hydrogen) atoms. The van der Waals surface area contributed by atoms with Gasteiger partial charge in [-0.1, -0.05) is 41.6 Å². The molecule has 1 unspecified atom stereocenters. The van der Waals surface area contributed by atoms with Crippen molar-refractivity contribution >= 4 is 22.9 Å². The number of carbonyl (C=O) groups is 2. The van der Waals surface area contributed by atoms with Gasteiger partial charge in [0.25, 0.3) is 5.91 Å². The lowest BCUT2D eigenvalue weighted by molar-refractivity contribution is -0.137. The van der Waals surface area contributed by atoms with E-state index < -0.39 is 5.97 Å². The molecule has 1 amide bonds. The van der Waals surface area contributed by atoms with Crippen molar-refractivity contribution in [2.24, 2.45) is 0 Å². The molecule has 1 atom stereocenters. The first-order chi connectivity index (χ1) is 18.9. The molecule has 5 aliphatic rings. The van der Waals surface area contributed by atoms with Gasteiger partial charge >= 0.3 is 5.97 Å². The van der Waals surface area contributed by atoms with Crippen molar-refractivity contribution in [1.29, 1.82) is 0 Å². The van der Waals surface area contributed by atoms with Crippen LogP contribution in [-0.4, -0.2) is 50.0 Å². The van der Waals surface area contributed by atoms with Crippen LogP contribution < -0.4 is 0 Å². The fourth-order valence-electron chi connectivity index (χ4n) is 6.01. The van der Waals surface area contributed by atoms with E-state index in [2.05, 4.69) is 22.4 Å². The Morgan fingerprint density at radius 1 is 1.08 bits per heavy atom. The summed E-state index contributed by atoms with van der Waals surface area (Å²) in [5, 5.41) is 18.7. The predicted octanol–water partition coefficient (Wildman–Crippen LogP) is 4.77. The molecule has 4 aromatic rings. The fourth-order valence-corrected chi connectivity index (χ4v) is 6.01. The molecule has 8 nitrogen and oxygen atoms in total. The molecule has 5 aliphatic heterocycles. The number of hydrogen-bond acceptors (Lipinski definition) is 5. The lowest BCUT2D eigenvalue weighted by Gasteiger charge is -2.30. The van der Waals surface area contributed by atoms with Crippen molar-refractivity contribution in [3.05, 3.63) is 93.0 Å². The predicted molar refractivity (Wildman–Crippen MR) is 147 cm³/mol. The second kappa shape index (κ2) is 10.3. The highest BCUT2D eigenvalue weighted by atomic mass is 16.5. The lowest BCUT2D eigenvalue weighted by atomic mass is 9.83. The third kappa shape index (κ3) is 4.81. The molecule has 9 bridgehead atoms. The second-order valence-electron chi connectivity index (χ2n) is 10.7. The van der Waals surface area contributed by atoms with E-state index in [1.54, 1.807) is 0 Å². The van der Waals surface area contributed by atoms with Crippen molar-refractivity contribution < 1.29 is 19.4 Å². The van der Waals surface area contributed by atoms with E-state index >= 15 is 0 Å². The smallest absolute Gasteiger partial charge is 0.304 e. The molecule has 1 aromatic heterocycles. The van der Waals surface area contributed by atoms with Gasteiger partial charge in [-0.25, -0.2) is 4.68 Å². The van der Waals surface area contributed by atoms with Crippen LogP contribution in [0.1, 0.15) is 68.1 Å². The topological polar surface area (TPSA) is 97.5 Å². The largest absolute Gasteiger partial charge is 0.481 e. The second-order valence-corrected chi connectivity index (χ2v) is 10.7. The number of carbonyl (C=O) groups excluding carboxylic acids is 1. The van der Waals surface area contributed by atoms with Crippen LogP contribution in [0.2, 0.25) is 0 Å². The Labute approximate surface area is 227 Å². The molecule has 6 heterocycles. The summed E-state index contributed by atoms with van der Waals surface area (Å²) in [5.74, 6) is -1.18. The summed E-state index contributed by atoms with van der Waals surface area (Å²) in [7, 11) is 0. The van der Waals surface area contributed by atoms with Gasteiger partial charge in [0.05, 0.1) is 18.5 Å². The minimum atomic E-state index is -0.859. The molecular formula is C31H32N4O4. The fraction of sp³-hybridized carbons (Fsp3) is 0.355. The van der Waals surface area contributed by atoms with Crippen molar-refractivity contribution in [2.75, 3.05) is 13.2 Å². The first-order valence-corrected chi connectivity index (χ1v) is 13.5. The number of benzene rings is 3. The molecule has 0 fully saturated rings. The Kier molecular flexibility index (Phi) is 6.64. The van der Waals surface area contributed by atoms with E-state index in [1.807, 2.05) is 59.8 Å². The zero-order valence-corrected chi connectivity index (χ0v) is 22.3. The average molecular weight is 525 g/mol. The number of amides is 1. The standard InChI is InChI=1S/C31H32N4O4/c1-19-14-21-4-7-25(19)31(38)34-12-10-22-5-6-23(15-24(22)17-34)27(16-29(36)37)26-8-9-28-30(20(26)2)32-33-35(28)11-3-13-39-18-21/h4-9,14-15,27H,3,10-13,16-18H2,1-2H3,(H,36,37). The van der Waals surface area contributed by atoms with Crippen molar-refractivity contribution in [3.63, 3.8) is 0 Å². The maximum Gasteiger partial charge on any atom is 0.304 e. The summed E-state index contributed by atoms with van der Waals surface area (Å²) in [4.78, 5) is 27.5. The number of aromatic nitrogens is 3.